The van der Waals surface area contributed by atoms with E-state index in [2.05, 4.69) is 0 Å². The Balaban J connectivity index is 2.52. The van der Waals surface area contributed by atoms with Crippen LogP contribution in [-0.4, -0.2) is 23.1 Å². The molecular weight excluding hydrogens is 280 g/mol. The van der Waals surface area contributed by atoms with Crippen molar-refractivity contribution in [1.82, 2.24) is 0 Å². The Hall–Kier alpha value is -2.75. The van der Waals surface area contributed by atoms with E-state index in [9.17, 15) is 15.0 Å². The molecular formula is C18H18O4. The van der Waals surface area contributed by atoms with E-state index in [0.717, 1.165) is 11.1 Å². The first-order chi connectivity index (χ1) is 10.5. The van der Waals surface area contributed by atoms with Crippen molar-refractivity contribution in [3.05, 3.63) is 70.5 Å². The predicted octanol–water partition coefficient (Wildman–Crippen LogP) is 3.98. The van der Waals surface area contributed by atoms with E-state index in [0.29, 0.717) is 11.3 Å². The zero-order valence-electron chi connectivity index (χ0n) is 12.8. The van der Waals surface area contributed by atoms with Gasteiger partial charge in [0.2, 0.25) is 11.5 Å². The summed E-state index contributed by atoms with van der Waals surface area (Å²) in [5.74, 6) is -1.44. The van der Waals surface area contributed by atoms with Crippen molar-refractivity contribution >= 4 is 11.5 Å². The van der Waals surface area contributed by atoms with E-state index in [1.165, 1.54) is 7.11 Å². The lowest BCUT2D eigenvalue weighted by molar-refractivity contribution is 0.0971. The third-order valence-electron chi connectivity index (χ3n) is 3.35. The highest BCUT2D eigenvalue weighted by Gasteiger charge is 2.22. The topological polar surface area (TPSA) is 66.8 Å². The minimum atomic E-state index is -0.700. The number of rotatable bonds is 4. The number of hydrogen-bond acceptors (Lipinski definition) is 4. The minimum Gasteiger partial charge on any atom is -0.504 e. The molecule has 2 aromatic carbocycles. The molecule has 2 aromatic rings. The third kappa shape index (κ3) is 2.96. The molecule has 0 heterocycles. The number of carbonyl (C=O) groups excluding carboxylic acids is 1. The highest BCUT2D eigenvalue weighted by atomic mass is 16.5. The zero-order chi connectivity index (χ0) is 16.3. The van der Waals surface area contributed by atoms with E-state index in [4.69, 9.17) is 4.74 Å². The minimum absolute atomic E-state index is 0.222. The number of ketones is 1. The molecule has 2 rings (SSSR count). The van der Waals surface area contributed by atoms with Crippen molar-refractivity contribution in [3.8, 4) is 5.75 Å². The number of allylic oxidation sites excluding steroid dienone is 1. The summed E-state index contributed by atoms with van der Waals surface area (Å²) in [5, 5.41) is 20.2. The van der Waals surface area contributed by atoms with E-state index in [1.54, 1.807) is 36.4 Å². The Bertz CT molecular complexity index is 730. The second-order valence-corrected chi connectivity index (χ2v) is 5.05. The smallest absolute Gasteiger partial charge is 0.234 e. The van der Waals surface area contributed by atoms with Crippen LogP contribution in [-0.2, 0) is 0 Å². The van der Waals surface area contributed by atoms with Crippen molar-refractivity contribution in [3.63, 3.8) is 0 Å². The van der Waals surface area contributed by atoms with Crippen LogP contribution in [0.2, 0.25) is 0 Å². The van der Waals surface area contributed by atoms with Gasteiger partial charge in [-0.3, -0.25) is 4.79 Å². The summed E-state index contributed by atoms with van der Waals surface area (Å²) in [6.07, 6.45) is 0. The van der Waals surface area contributed by atoms with E-state index < -0.39 is 17.3 Å². The molecule has 0 spiro atoms. The monoisotopic (exact) mass is 298 g/mol. The summed E-state index contributed by atoms with van der Waals surface area (Å²) in [6, 6.07) is 11.9. The van der Waals surface area contributed by atoms with Crippen LogP contribution in [0, 0.1) is 13.8 Å². The maximum Gasteiger partial charge on any atom is 0.234 e. The van der Waals surface area contributed by atoms with Gasteiger partial charge in [0, 0.05) is 5.56 Å². The van der Waals surface area contributed by atoms with E-state index in [-0.39, 0.29) is 5.56 Å². The van der Waals surface area contributed by atoms with Crippen LogP contribution >= 0.6 is 0 Å². The standard InChI is InChI=1S/C18H18O4/c1-11-9-12(2)18(22-3)14(10-11)16(20)17(21)15(19)13-7-5-4-6-8-13/h4-10,19,21H,1-3H3. The number of methoxy groups -OCH3 is 1. The van der Waals surface area contributed by atoms with Gasteiger partial charge in [-0.25, -0.2) is 0 Å². The number of Topliss-reactive ketones (excluding diaryl/α,β-unsaturated/α-hetero) is 1. The number of aliphatic hydroxyl groups is 2. The molecule has 22 heavy (non-hydrogen) atoms. The molecule has 0 unspecified atom stereocenters. The lowest BCUT2D eigenvalue weighted by atomic mass is 10.00. The number of carbonyl (C=O) groups is 1. The molecule has 0 saturated carbocycles. The average Bonchev–Trinajstić information content (AvgIpc) is 2.53. The molecule has 0 aromatic heterocycles. The lowest BCUT2D eigenvalue weighted by Crippen LogP contribution is -2.09. The maximum absolute atomic E-state index is 12.5. The van der Waals surface area contributed by atoms with Gasteiger partial charge in [0.25, 0.3) is 0 Å². The fourth-order valence-electron chi connectivity index (χ4n) is 2.36. The van der Waals surface area contributed by atoms with Crippen molar-refractivity contribution in [2.75, 3.05) is 7.11 Å². The molecule has 0 saturated heterocycles. The molecule has 4 heteroatoms. The van der Waals surface area contributed by atoms with E-state index in [1.807, 2.05) is 19.9 Å². The molecule has 0 bridgehead atoms. The molecule has 0 aliphatic rings. The molecule has 2 N–H and O–H groups in total. The predicted molar refractivity (Wildman–Crippen MR) is 85.4 cm³/mol. The Kier molecular flexibility index (Phi) is 4.51. The van der Waals surface area contributed by atoms with Crippen LogP contribution in [0.15, 0.2) is 48.2 Å². The van der Waals surface area contributed by atoms with Gasteiger partial charge in [-0.05, 0) is 31.0 Å². The number of benzene rings is 2. The SMILES string of the molecule is COc1c(C)cc(C)cc1C(=O)C(O)=C(O)c1ccccc1. The number of ether oxygens (including phenoxy) is 1. The Morgan fingerprint density at radius 3 is 2.27 bits per heavy atom. The first-order valence-electron chi connectivity index (χ1n) is 6.83. The van der Waals surface area contributed by atoms with Crippen LogP contribution in [0.5, 0.6) is 5.75 Å². The van der Waals surface area contributed by atoms with Gasteiger partial charge in [-0.1, -0.05) is 36.4 Å². The van der Waals surface area contributed by atoms with Gasteiger partial charge >= 0.3 is 0 Å². The van der Waals surface area contributed by atoms with Crippen molar-refractivity contribution in [2.24, 2.45) is 0 Å². The van der Waals surface area contributed by atoms with Gasteiger partial charge in [0.15, 0.2) is 5.76 Å². The molecule has 0 aliphatic carbocycles. The summed E-state index contributed by atoms with van der Waals surface area (Å²) >= 11 is 0. The lowest BCUT2D eigenvalue weighted by Gasteiger charge is -2.12. The Labute approximate surface area is 129 Å². The summed E-state index contributed by atoms with van der Waals surface area (Å²) in [7, 11) is 1.46. The zero-order valence-corrected chi connectivity index (χ0v) is 12.8. The molecule has 114 valence electrons. The van der Waals surface area contributed by atoms with Gasteiger partial charge in [-0.2, -0.15) is 0 Å². The highest BCUT2D eigenvalue weighted by Crippen LogP contribution is 2.28. The maximum atomic E-state index is 12.5. The number of aliphatic hydroxyl groups excluding tert-OH is 2. The van der Waals surface area contributed by atoms with Crippen LogP contribution < -0.4 is 4.74 Å². The number of aryl methyl sites for hydroxylation is 2. The molecule has 0 aliphatic heterocycles. The Morgan fingerprint density at radius 1 is 1.05 bits per heavy atom. The first kappa shape index (κ1) is 15.6. The average molecular weight is 298 g/mol. The van der Waals surface area contributed by atoms with Crippen molar-refractivity contribution in [1.29, 1.82) is 0 Å². The van der Waals surface area contributed by atoms with Crippen LogP contribution in [0.4, 0.5) is 0 Å². The fourth-order valence-corrected chi connectivity index (χ4v) is 2.36. The van der Waals surface area contributed by atoms with E-state index >= 15 is 0 Å². The van der Waals surface area contributed by atoms with Crippen molar-refractivity contribution in [2.45, 2.75) is 13.8 Å². The molecule has 0 amide bonds. The van der Waals surface area contributed by atoms with Crippen LogP contribution in [0.3, 0.4) is 0 Å². The normalized spacial score (nSPS) is 11.8. The summed E-state index contributed by atoms with van der Waals surface area (Å²) in [4.78, 5) is 12.5. The van der Waals surface area contributed by atoms with Crippen molar-refractivity contribution < 1.29 is 19.7 Å². The van der Waals surface area contributed by atoms with Gasteiger partial charge < -0.3 is 14.9 Å². The summed E-state index contributed by atoms with van der Waals surface area (Å²) in [5.41, 5.74) is 2.25. The highest BCUT2D eigenvalue weighted by molar-refractivity contribution is 6.12. The van der Waals surface area contributed by atoms with Gasteiger partial charge in [0.1, 0.15) is 5.75 Å². The second kappa shape index (κ2) is 6.35. The first-order valence-corrected chi connectivity index (χ1v) is 6.83. The molecule has 0 atom stereocenters. The molecule has 4 nitrogen and oxygen atoms in total. The van der Waals surface area contributed by atoms with Gasteiger partial charge in [0.05, 0.1) is 12.7 Å². The third-order valence-corrected chi connectivity index (χ3v) is 3.35. The molecule has 0 radical (unpaired) electrons. The number of hydrogen-bond donors (Lipinski definition) is 2. The quantitative estimate of drug-likeness (QED) is 0.509. The van der Waals surface area contributed by atoms with Gasteiger partial charge in [-0.15, -0.1) is 0 Å². The fraction of sp³-hybridized carbons (Fsp3) is 0.167. The summed E-state index contributed by atoms with van der Waals surface area (Å²) < 4.78 is 5.25. The molecule has 0 fully saturated rings. The van der Waals surface area contributed by atoms with Crippen LogP contribution in [0.1, 0.15) is 27.0 Å². The second-order valence-electron chi connectivity index (χ2n) is 5.05. The Morgan fingerprint density at radius 2 is 1.68 bits per heavy atom. The largest absolute Gasteiger partial charge is 0.504 e. The summed E-state index contributed by atoms with van der Waals surface area (Å²) in [6.45, 7) is 3.67. The van der Waals surface area contributed by atoms with Crippen LogP contribution in [0.25, 0.3) is 5.76 Å².